The monoisotopic (exact) mass is 340 g/mol. The maximum atomic E-state index is 11.7. The lowest BCUT2D eigenvalue weighted by atomic mass is 10.3. The van der Waals surface area contributed by atoms with E-state index in [2.05, 4.69) is 26.0 Å². The first kappa shape index (κ1) is 14.8. The third kappa shape index (κ3) is 5.25. The molecular weight excluding hydrogens is 328 g/mol. The highest BCUT2D eigenvalue weighted by Crippen LogP contribution is 2.25. The second-order valence-corrected chi connectivity index (χ2v) is 6.51. The van der Waals surface area contributed by atoms with Gasteiger partial charge in [-0.1, -0.05) is 18.5 Å². The van der Waals surface area contributed by atoms with E-state index in [-0.39, 0.29) is 5.75 Å². The summed E-state index contributed by atoms with van der Waals surface area (Å²) in [6.45, 7) is 3.11. The fraction of sp³-hybridized carbons (Fsp3) is 0.400. The van der Waals surface area contributed by atoms with E-state index in [9.17, 15) is 8.42 Å². The van der Waals surface area contributed by atoms with Gasteiger partial charge >= 0.3 is 0 Å². The average molecular weight is 342 g/mol. The molecule has 7 heteroatoms. The summed E-state index contributed by atoms with van der Waals surface area (Å²) in [4.78, 5) is 0. The SMILES string of the molecule is CCNCCS(=O)(=O)Nc1ccc(Cl)c(Br)c1. The van der Waals surface area contributed by atoms with Gasteiger partial charge in [0.2, 0.25) is 10.0 Å². The predicted molar refractivity (Wildman–Crippen MR) is 75.1 cm³/mol. The molecule has 17 heavy (non-hydrogen) atoms. The molecule has 1 rings (SSSR count). The molecule has 0 spiro atoms. The first-order valence-corrected chi connectivity index (χ1v) is 7.93. The van der Waals surface area contributed by atoms with E-state index in [0.29, 0.717) is 21.7 Å². The van der Waals surface area contributed by atoms with Gasteiger partial charge < -0.3 is 5.32 Å². The van der Waals surface area contributed by atoms with Crippen LogP contribution in [-0.4, -0.2) is 27.3 Å². The minimum absolute atomic E-state index is 0.0427. The Morgan fingerprint density at radius 1 is 1.41 bits per heavy atom. The zero-order valence-electron chi connectivity index (χ0n) is 9.33. The maximum Gasteiger partial charge on any atom is 0.233 e. The first-order valence-electron chi connectivity index (χ1n) is 5.11. The molecule has 96 valence electrons. The molecule has 2 N–H and O–H groups in total. The molecule has 0 heterocycles. The molecule has 0 bridgehead atoms. The van der Waals surface area contributed by atoms with Crippen molar-refractivity contribution >= 4 is 43.2 Å². The zero-order chi connectivity index (χ0) is 12.9. The number of sulfonamides is 1. The van der Waals surface area contributed by atoms with E-state index in [1.165, 1.54) is 0 Å². The third-order valence-corrected chi connectivity index (χ3v) is 4.49. The predicted octanol–water partition coefficient (Wildman–Crippen LogP) is 2.45. The number of anilines is 1. The Labute approximate surface area is 115 Å². The van der Waals surface area contributed by atoms with E-state index in [0.717, 1.165) is 6.54 Å². The topological polar surface area (TPSA) is 58.2 Å². The molecule has 4 nitrogen and oxygen atoms in total. The van der Waals surface area contributed by atoms with Crippen LogP contribution in [0.3, 0.4) is 0 Å². The number of nitrogens with one attached hydrogen (secondary N) is 2. The molecule has 0 saturated heterocycles. The summed E-state index contributed by atoms with van der Waals surface area (Å²) < 4.78 is 26.5. The number of halogens is 2. The van der Waals surface area contributed by atoms with Gasteiger partial charge in [0, 0.05) is 16.7 Å². The molecular formula is C10H14BrClN2O2S. The molecule has 0 amide bonds. The number of hydrogen-bond donors (Lipinski definition) is 2. The van der Waals surface area contributed by atoms with Crippen molar-refractivity contribution in [1.82, 2.24) is 5.32 Å². The van der Waals surface area contributed by atoms with Gasteiger partial charge in [-0.05, 0) is 40.7 Å². The lowest BCUT2D eigenvalue weighted by molar-refractivity contribution is 0.597. The molecule has 0 fully saturated rings. The van der Waals surface area contributed by atoms with E-state index >= 15 is 0 Å². The summed E-state index contributed by atoms with van der Waals surface area (Å²) in [6, 6.07) is 4.89. The lowest BCUT2D eigenvalue weighted by Gasteiger charge is -2.09. The van der Waals surface area contributed by atoms with Crippen LogP contribution in [0.1, 0.15) is 6.92 Å². The highest BCUT2D eigenvalue weighted by Gasteiger charge is 2.10. The standard InChI is InChI=1S/C10H14BrClN2O2S/c1-2-13-5-6-17(15,16)14-8-3-4-10(12)9(11)7-8/h3-4,7,13-14H,2,5-6H2,1H3. The van der Waals surface area contributed by atoms with Crippen molar-refractivity contribution in [1.29, 1.82) is 0 Å². The Bertz CT molecular complexity index is 479. The third-order valence-electron chi connectivity index (χ3n) is 1.99. The van der Waals surface area contributed by atoms with Crippen molar-refractivity contribution in [2.24, 2.45) is 0 Å². The fourth-order valence-electron chi connectivity index (χ4n) is 1.17. The van der Waals surface area contributed by atoms with Crippen molar-refractivity contribution in [3.63, 3.8) is 0 Å². The van der Waals surface area contributed by atoms with E-state index in [1.54, 1.807) is 18.2 Å². The van der Waals surface area contributed by atoms with Crippen molar-refractivity contribution in [2.75, 3.05) is 23.6 Å². The van der Waals surface area contributed by atoms with Crippen LogP contribution >= 0.6 is 27.5 Å². The fourth-order valence-corrected chi connectivity index (χ4v) is 2.67. The van der Waals surface area contributed by atoms with Crippen molar-refractivity contribution in [3.8, 4) is 0 Å². The van der Waals surface area contributed by atoms with Gasteiger partial charge in [0.05, 0.1) is 10.8 Å². The number of hydrogen-bond acceptors (Lipinski definition) is 3. The quantitative estimate of drug-likeness (QED) is 0.781. The molecule has 0 unspecified atom stereocenters. The minimum Gasteiger partial charge on any atom is -0.316 e. The first-order chi connectivity index (χ1) is 7.94. The molecule has 0 radical (unpaired) electrons. The van der Waals surface area contributed by atoms with E-state index in [1.807, 2.05) is 6.92 Å². The maximum absolute atomic E-state index is 11.7. The molecule has 0 atom stereocenters. The van der Waals surface area contributed by atoms with Crippen LogP contribution in [-0.2, 0) is 10.0 Å². The van der Waals surface area contributed by atoms with Gasteiger partial charge in [-0.3, -0.25) is 4.72 Å². The van der Waals surface area contributed by atoms with Gasteiger partial charge in [-0.25, -0.2) is 8.42 Å². The van der Waals surface area contributed by atoms with Crippen LogP contribution in [0, 0.1) is 0 Å². The largest absolute Gasteiger partial charge is 0.316 e. The molecule has 0 aliphatic heterocycles. The van der Waals surface area contributed by atoms with Gasteiger partial charge in [-0.2, -0.15) is 0 Å². The van der Waals surface area contributed by atoms with Gasteiger partial charge in [0.15, 0.2) is 0 Å². The second-order valence-electron chi connectivity index (χ2n) is 3.40. The summed E-state index contributed by atoms with van der Waals surface area (Å²) in [6.07, 6.45) is 0. The molecule has 0 aliphatic carbocycles. The molecule has 0 aliphatic rings. The van der Waals surface area contributed by atoms with Crippen molar-refractivity contribution in [2.45, 2.75) is 6.92 Å². The van der Waals surface area contributed by atoms with Crippen LogP contribution in [0.5, 0.6) is 0 Å². The molecule has 0 aromatic heterocycles. The van der Waals surface area contributed by atoms with Crippen molar-refractivity contribution in [3.05, 3.63) is 27.7 Å². The molecule has 1 aromatic carbocycles. The highest BCUT2D eigenvalue weighted by molar-refractivity contribution is 9.10. The Morgan fingerprint density at radius 3 is 2.71 bits per heavy atom. The van der Waals surface area contributed by atoms with Gasteiger partial charge in [0.25, 0.3) is 0 Å². The van der Waals surface area contributed by atoms with Crippen LogP contribution in [0.4, 0.5) is 5.69 Å². The Balaban J connectivity index is 2.66. The number of benzene rings is 1. The summed E-state index contributed by atoms with van der Waals surface area (Å²) in [7, 11) is -3.31. The van der Waals surface area contributed by atoms with Gasteiger partial charge in [-0.15, -0.1) is 0 Å². The Morgan fingerprint density at radius 2 is 2.12 bits per heavy atom. The van der Waals surface area contributed by atoms with Crippen molar-refractivity contribution < 1.29 is 8.42 Å². The summed E-state index contributed by atoms with van der Waals surface area (Å²) >= 11 is 9.06. The van der Waals surface area contributed by atoms with E-state index < -0.39 is 10.0 Å². The zero-order valence-corrected chi connectivity index (χ0v) is 12.5. The second kappa shape index (κ2) is 6.58. The van der Waals surface area contributed by atoms with Crippen LogP contribution in [0.2, 0.25) is 5.02 Å². The summed E-state index contributed by atoms with van der Waals surface area (Å²) in [5.41, 5.74) is 0.498. The summed E-state index contributed by atoms with van der Waals surface area (Å²) in [5, 5.41) is 3.50. The smallest absolute Gasteiger partial charge is 0.233 e. The molecule has 0 saturated carbocycles. The Hall–Kier alpha value is -0.300. The number of rotatable bonds is 6. The minimum atomic E-state index is -3.31. The molecule has 1 aromatic rings. The summed E-state index contributed by atoms with van der Waals surface area (Å²) in [5.74, 6) is 0.0427. The van der Waals surface area contributed by atoms with Crippen LogP contribution in [0.25, 0.3) is 0 Å². The Kier molecular flexibility index (Phi) is 5.72. The van der Waals surface area contributed by atoms with E-state index in [4.69, 9.17) is 11.6 Å². The normalized spacial score (nSPS) is 11.5. The lowest BCUT2D eigenvalue weighted by Crippen LogP contribution is -2.26. The average Bonchev–Trinajstić information content (AvgIpc) is 2.23. The highest BCUT2D eigenvalue weighted by atomic mass is 79.9. The van der Waals surface area contributed by atoms with Crippen LogP contribution in [0.15, 0.2) is 22.7 Å². The van der Waals surface area contributed by atoms with Gasteiger partial charge in [0.1, 0.15) is 0 Å². The van der Waals surface area contributed by atoms with Crippen LogP contribution < -0.4 is 10.0 Å².